The summed E-state index contributed by atoms with van der Waals surface area (Å²) in [5, 5.41) is 3.92. The lowest BCUT2D eigenvalue weighted by molar-refractivity contribution is -0.114. The van der Waals surface area contributed by atoms with Crippen LogP contribution in [0.2, 0.25) is 0 Å². The first kappa shape index (κ1) is 11.5. The van der Waals surface area contributed by atoms with Gasteiger partial charge in [0.15, 0.2) is 0 Å². The van der Waals surface area contributed by atoms with Crippen molar-refractivity contribution >= 4 is 22.5 Å². The molecule has 0 spiro atoms. The van der Waals surface area contributed by atoms with Crippen molar-refractivity contribution in [2.24, 2.45) is 0 Å². The summed E-state index contributed by atoms with van der Waals surface area (Å²) >= 11 is 0. The second-order valence-corrected chi connectivity index (χ2v) is 4.53. The molecule has 0 aliphatic heterocycles. The van der Waals surface area contributed by atoms with Gasteiger partial charge in [-0.3, -0.25) is 4.79 Å². The summed E-state index contributed by atoms with van der Waals surface area (Å²) in [6.45, 7) is 1.51. The van der Waals surface area contributed by atoms with Crippen molar-refractivity contribution in [2.45, 2.75) is 6.92 Å². The Morgan fingerprint density at radius 2 is 1.84 bits per heavy atom. The molecule has 3 aromatic rings. The number of rotatable bonds is 2. The van der Waals surface area contributed by atoms with Gasteiger partial charge in [0.2, 0.25) is 5.91 Å². The van der Waals surface area contributed by atoms with E-state index in [0.29, 0.717) is 0 Å². The van der Waals surface area contributed by atoms with Crippen LogP contribution in [-0.4, -0.2) is 10.9 Å². The zero-order chi connectivity index (χ0) is 13.2. The third kappa shape index (κ3) is 2.36. The molecule has 1 heterocycles. The smallest absolute Gasteiger partial charge is 0.221 e. The molecule has 2 aromatic carbocycles. The molecule has 0 aliphatic carbocycles. The van der Waals surface area contributed by atoms with E-state index in [1.54, 1.807) is 0 Å². The zero-order valence-electron chi connectivity index (χ0n) is 10.6. The van der Waals surface area contributed by atoms with Gasteiger partial charge in [-0.15, -0.1) is 0 Å². The lowest BCUT2D eigenvalue weighted by Crippen LogP contribution is -2.05. The average molecular weight is 250 g/mol. The second kappa shape index (κ2) is 4.61. The van der Waals surface area contributed by atoms with Gasteiger partial charge in [0, 0.05) is 29.2 Å². The van der Waals surface area contributed by atoms with Gasteiger partial charge in [-0.25, -0.2) is 0 Å². The van der Waals surface area contributed by atoms with Gasteiger partial charge in [0.05, 0.1) is 0 Å². The highest BCUT2D eigenvalue weighted by molar-refractivity contribution is 5.93. The van der Waals surface area contributed by atoms with Crippen LogP contribution in [0.1, 0.15) is 6.92 Å². The molecule has 0 atom stereocenters. The Hall–Kier alpha value is -2.55. The summed E-state index contributed by atoms with van der Waals surface area (Å²) < 4.78 is 0. The van der Waals surface area contributed by atoms with E-state index in [0.717, 1.165) is 27.8 Å². The third-order valence-corrected chi connectivity index (χ3v) is 3.03. The molecule has 3 rings (SSSR count). The van der Waals surface area contributed by atoms with E-state index in [2.05, 4.69) is 28.5 Å². The summed E-state index contributed by atoms with van der Waals surface area (Å²) in [5.74, 6) is -0.0609. The molecule has 94 valence electrons. The minimum absolute atomic E-state index is 0.0609. The van der Waals surface area contributed by atoms with Crippen LogP contribution in [0, 0.1) is 0 Å². The first-order valence-corrected chi connectivity index (χ1v) is 6.18. The topological polar surface area (TPSA) is 44.9 Å². The number of hydrogen-bond acceptors (Lipinski definition) is 1. The number of H-pyrrole nitrogens is 1. The first-order chi connectivity index (χ1) is 9.22. The minimum atomic E-state index is -0.0609. The van der Waals surface area contributed by atoms with Crippen LogP contribution in [-0.2, 0) is 4.79 Å². The number of benzene rings is 2. The predicted octanol–water partition coefficient (Wildman–Crippen LogP) is 3.79. The third-order valence-electron chi connectivity index (χ3n) is 3.03. The maximum absolute atomic E-state index is 11.1. The fraction of sp³-hybridized carbons (Fsp3) is 0.0625. The summed E-state index contributed by atoms with van der Waals surface area (Å²) in [6, 6.07) is 18.1. The summed E-state index contributed by atoms with van der Waals surface area (Å²) in [5.41, 5.74) is 4.06. The van der Waals surface area contributed by atoms with E-state index in [-0.39, 0.29) is 5.91 Å². The van der Waals surface area contributed by atoms with E-state index in [4.69, 9.17) is 0 Å². The van der Waals surface area contributed by atoms with Crippen molar-refractivity contribution in [1.82, 2.24) is 4.98 Å². The zero-order valence-corrected chi connectivity index (χ0v) is 10.6. The van der Waals surface area contributed by atoms with Gasteiger partial charge in [-0.1, -0.05) is 36.4 Å². The number of amides is 1. The summed E-state index contributed by atoms with van der Waals surface area (Å²) in [7, 11) is 0. The van der Waals surface area contributed by atoms with Crippen molar-refractivity contribution in [1.29, 1.82) is 0 Å². The summed E-state index contributed by atoms with van der Waals surface area (Å²) in [4.78, 5) is 14.4. The molecule has 19 heavy (non-hydrogen) atoms. The number of fused-ring (bicyclic) bond motifs is 1. The SMILES string of the molecule is CC(=O)Nc1ccc2cc(-c3ccccc3)[nH]c2c1. The van der Waals surface area contributed by atoms with Gasteiger partial charge >= 0.3 is 0 Å². The van der Waals surface area contributed by atoms with Crippen LogP contribution in [0.25, 0.3) is 22.2 Å². The molecule has 0 aliphatic rings. The highest BCUT2D eigenvalue weighted by Gasteiger charge is 2.04. The number of carbonyl (C=O) groups excluding carboxylic acids is 1. The number of aromatic nitrogens is 1. The lowest BCUT2D eigenvalue weighted by Gasteiger charge is -2.00. The van der Waals surface area contributed by atoms with Crippen molar-refractivity contribution in [3.8, 4) is 11.3 Å². The molecule has 0 saturated heterocycles. The van der Waals surface area contributed by atoms with E-state index < -0.39 is 0 Å². The largest absolute Gasteiger partial charge is 0.354 e. The van der Waals surface area contributed by atoms with Gasteiger partial charge in [-0.2, -0.15) is 0 Å². The molecule has 0 fully saturated rings. The average Bonchev–Trinajstić information content (AvgIpc) is 2.82. The Bertz CT molecular complexity index is 729. The van der Waals surface area contributed by atoms with Crippen LogP contribution < -0.4 is 5.32 Å². The molecule has 0 unspecified atom stereocenters. The second-order valence-electron chi connectivity index (χ2n) is 4.53. The fourth-order valence-corrected chi connectivity index (χ4v) is 2.18. The van der Waals surface area contributed by atoms with Crippen LogP contribution in [0.5, 0.6) is 0 Å². The Balaban J connectivity index is 2.04. The fourth-order valence-electron chi connectivity index (χ4n) is 2.18. The molecule has 3 heteroatoms. The van der Waals surface area contributed by atoms with E-state index in [1.807, 2.05) is 36.4 Å². The van der Waals surface area contributed by atoms with E-state index in [9.17, 15) is 4.79 Å². The Kier molecular flexibility index (Phi) is 2.80. The van der Waals surface area contributed by atoms with Crippen molar-refractivity contribution in [3.63, 3.8) is 0 Å². The van der Waals surface area contributed by atoms with Crippen molar-refractivity contribution in [2.75, 3.05) is 5.32 Å². The van der Waals surface area contributed by atoms with Crippen LogP contribution >= 0.6 is 0 Å². The Labute approximate surface area is 111 Å². The van der Waals surface area contributed by atoms with E-state index in [1.165, 1.54) is 6.92 Å². The molecule has 1 amide bonds. The number of nitrogens with one attached hydrogen (secondary N) is 2. The number of anilines is 1. The quantitative estimate of drug-likeness (QED) is 0.714. The standard InChI is InChI=1S/C16H14N2O/c1-11(19)17-14-8-7-13-9-15(18-16(13)10-14)12-5-3-2-4-6-12/h2-10,18H,1H3,(H,17,19). The molecule has 3 nitrogen and oxygen atoms in total. The van der Waals surface area contributed by atoms with Crippen molar-refractivity contribution < 1.29 is 4.79 Å². The van der Waals surface area contributed by atoms with Gasteiger partial charge in [-0.05, 0) is 23.8 Å². The Morgan fingerprint density at radius 3 is 2.58 bits per heavy atom. The first-order valence-electron chi connectivity index (χ1n) is 6.18. The van der Waals surface area contributed by atoms with Gasteiger partial charge < -0.3 is 10.3 Å². The van der Waals surface area contributed by atoms with Crippen molar-refractivity contribution in [3.05, 3.63) is 54.6 Å². The monoisotopic (exact) mass is 250 g/mol. The highest BCUT2D eigenvalue weighted by Crippen LogP contribution is 2.25. The normalized spacial score (nSPS) is 10.6. The molecular formula is C16H14N2O. The Morgan fingerprint density at radius 1 is 1.05 bits per heavy atom. The molecule has 1 aromatic heterocycles. The van der Waals surface area contributed by atoms with Gasteiger partial charge in [0.1, 0.15) is 0 Å². The molecular weight excluding hydrogens is 236 g/mol. The maximum Gasteiger partial charge on any atom is 0.221 e. The number of aromatic amines is 1. The van der Waals surface area contributed by atoms with E-state index >= 15 is 0 Å². The van der Waals surface area contributed by atoms with Crippen LogP contribution in [0.4, 0.5) is 5.69 Å². The minimum Gasteiger partial charge on any atom is -0.354 e. The maximum atomic E-state index is 11.1. The molecule has 0 radical (unpaired) electrons. The lowest BCUT2D eigenvalue weighted by atomic mass is 10.1. The molecule has 2 N–H and O–H groups in total. The van der Waals surface area contributed by atoms with Crippen LogP contribution in [0.15, 0.2) is 54.6 Å². The van der Waals surface area contributed by atoms with Gasteiger partial charge in [0.25, 0.3) is 0 Å². The molecule has 0 saturated carbocycles. The van der Waals surface area contributed by atoms with Crippen LogP contribution in [0.3, 0.4) is 0 Å². The molecule has 0 bridgehead atoms. The number of hydrogen-bond donors (Lipinski definition) is 2. The highest BCUT2D eigenvalue weighted by atomic mass is 16.1. The number of carbonyl (C=O) groups is 1. The summed E-state index contributed by atoms with van der Waals surface area (Å²) in [6.07, 6.45) is 0. The predicted molar refractivity (Wildman–Crippen MR) is 78.0 cm³/mol.